The van der Waals surface area contributed by atoms with Crippen LogP contribution in [-0.2, 0) is 32.3 Å². The number of hydrogen-bond acceptors (Lipinski definition) is 6. The fraction of sp³-hybridized carbons (Fsp3) is 0.212. The molecule has 0 saturated carbocycles. The first-order chi connectivity index (χ1) is 22.3. The SMILES string of the molecule is CS(=O)(=O)c1ccc2c(c1)CN(C(=O)[O-])C2(C(=O)Nc1ccc(C(O)(C(F)(F)F)C(F)(F)F)cc1)C1c2ccccc2-c2ccccc21. The second-order valence-corrected chi connectivity index (χ2v) is 13.6. The summed E-state index contributed by atoms with van der Waals surface area (Å²) in [6, 6.07) is 19.7. The molecule has 2 aliphatic rings. The van der Waals surface area contributed by atoms with Crippen molar-refractivity contribution >= 4 is 27.5 Å². The fourth-order valence-electron chi connectivity index (χ4n) is 6.75. The Labute approximate surface area is 269 Å². The maximum absolute atomic E-state index is 14.7. The number of sulfone groups is 1. The zero-order valence-electron chi connectivity index (χ0n) is 24.6. The van der Waals surface area contributed by atoms with Gasteiger partial charge in [0.15, 0.2) is 15.4 Å². The van der Waals surface area contributed by atoms with Gasteiger partial charge in [0, 0.05) is 30.0 Å². The predicted molar refractivity (Wildman–Crippen MR) is 157 cm³/mol. The Hall–Kier alpha value is -4.89. The average Bonchev–Trinajstić information content (AvgIpc) is 3.53. The van der Waals surface area contributed by atoms with Crippen molar-refractivity contribution in [2.45, 2.75) is 40.9 Å². The highest BCUT2D eigenvalue weighted by molar-refractivity contribution is 7.90. The Kier molecular flexibility index (Phi) is 7.44. The van der Waals surface area contributed by atoms with Crippen LogP contribution in [0.15, 0.2) is 95.9 Å². The van der Waals surface area contributed by atoms with E-state index in [1.165, 1.54) is 18.2 Å². The summed E-state index contributed by atoms with van der Waals surface area (Å²) in [5.74, 6) is -2.13. The van der Waals surface area contributed by atoms with Gasteiger partial charge < -0.3 is 25.2 Å². The average molecular weight is 690 g/mol. The summed E-state index contributed by atoms with van der Waals surface area (Å²) in [7, 11) is -3.78. The van der Waals surface area contributed by atoms with Crippen LogP contribution in [0.3, 0.4) is 0 Å². The van der Waals surface area contributed by atoms with E-state index < -0.39 is 63.4 Å². The Balaban J connectivity index is 1.56. The van der Waals surface area contributed by atoms with Crippen LogP contribution in [0.1, 0.15) is 33.7 Å². The van der Waals surface area contributed by atoms with Crippen molar-refractivity contribution in [2.75, 3.05) is 11.6 Å². The molecule has 0 spiro atoms. The molecule has 2 N–H and O–H groups in total. The van der Waals surface area contributed by atoms with Gasteiger partial charge in [0.1, 0.15) is 6.09 Å². The van der Waals surface area contributed by atoms with E-state index in [1.54, 1.807) is 48.5 Å². The van der Waals surface area contributed by atoms with Gasteiger partial charge in [0.2, 0.25) is 0 Å². The zero-order valence-corrected chi connectivity index (χ0v) is 25.4. The molecule has 0 bridgehead atoms. The lowest BCUT2D eigenvalue weighted by Crippen LogP contribution is -2.59. The van der Waals surface area contributed by atoms with Crippen LogP contribution >= 0.6 is 0 Å². The Morgan fingerprint density at radius 1 is 0.854 bits per heavy atom. The van der Waals surface area contributed by atoms with E-state index >= 15 is 0 Å². The lowest BCUT2D eigenvalue weighted by atomic mass is 9.72. The Morgan fingerprint density at radius 2 is 1.38 bits per heavy atom. The lowest BCUT2D eigenvalue weighted by molar-refractivity contribution is -0.376. The summed E-state index contributed by atoms with van der Waals surface area (Å²) in [6.45, 7) is -0.488. The quantitative estimate of drug-likeness (QED) is 0.277. The molecule has 1 aliphatic carbocycles. The van der Waals surface area contributed by atoms with Crippen LogP contribution in [-0.4, -0.2) is 49.0 Å². The second kappa shape index (κ2) is 10.8. The molecule has 0 saturated heterocycles. The molecule has 4 aromatic carbocycles. The van der Waals surface area contributed by atoms with E-state index in [4.69, 9.17) is 0 Å². The van der Waals surface area contributed by atoms with Crippen molar-refractivity contribution in [3.05, 3.63) is 119 Å². The number of rotatable bonds is 5. The minimum absolute atomic E-state index is 0.0910. The van der Waals surface area contributed by atoms with Gasteiger partial charge in [0.05, 0.1) is 4.90 Å². The molecular formula is C33H23F6N2O6S-. The molecule has 0 radical (unpaired) electrons. The molecule has 4 aromatic rings. The standard InChI is InChI=1S/C33H24F6N2O6S/c1-48(46,47)21-14-15-26-18(16-21)17-41(29(43)44)30(26,27-24-8-4-2-6-22(24)23-7-3-5-9-25(23)27)28(42)40-20-12-10-19(11-13-20)31(45,32(34,35)36)33(37,38)39/h2-16,27,45H,17H2,1H3,(H,40,42)(H,43,44)/p-1. The van der Waals surface area contributed by atoms with E-state index in [0.717, 1.165) is 11.2 Å². The summed E-state index contributed by atoms with van der Waals surface area (Å²) in [4.78, 5) is 28.2. The first-order valence-corrected chi connectivity index (χ1v) is 16.0. The molecule has 15 heteroatoms. The number of hydrogen-bond donors (Lipinski definition) is 2. The smallest absolute Gasteiger partial charge is 0.430 e. The summed E-state index contributed by atoms with van der Waals surface area (Å²) in [5.41, 5.74) is -6.67. The van der Waals surface area contributed by atoms with Crippen molar-refractivity contribution < 1.29 is 54.6 Å². The highest BCUT2D eigenvalue weighted by atomic mass is 32.2. The number of nitrogens with one attached hydrogen (secondary N) is 1. The third-order valence-corrected chi connectivity index (χ3v) is 9.98. The molecule has 48 heavy (non-hydrogen) atoms. The molecule has 8 nitrogen and oxygen atoms in total. The lowest BCUT2D eigenvalue weighted by Gasteiger charge is -2.44. The third kappa shape index (κ3) is 4.74. The summed E-state index contributed by atoms with van der Waals surface area (Å²) < 4.78 is 106. The molecule has 1 aliphatic heterocycles. The zero-order chi connectivity index (χ0) is 35.0. The van der Waals surface area contributed by atoms with Gasteiger partial charge in [-0.25, -0.2) is 8.42 Å². The van der Waals surface area contributed by atoms with E-state index in [-0.39, 0.29) is 21.7 Å². The monoisotopic (exact) mass is 689 g/mol. The molecule has 2 amide bonds. The number of nitrogens with zero attached hydrogens (tertiary/aromatic N) is 1. The van der Waals surface area contributed by atoms with Crippen LogP contribution < -0.4 is 10.4 Å². The van der Waals surface area contributed by atoms with Crippen LogP contribution in [0.5, 0.6) is 0 Å². The second-order valence-electron chi connectivity index (χ2n) is 11.6. The maximum atomic E-state index is 14.7. The number of carbonyl (C=O) groups is 2. The molecular weight excluding hydrogens is 666 g/mol. The maximum Gasteiger partial charge on any atom is 0.430 e. The molecule has 0 aromatic heterocycles. The number of aliphatic hydroxyl groups is 1. The highest BCUT2D eigenvalue weighted by Gasteiger charge is 2.71. The first kappa shape index (κ1) is 33.0. The van der Waals surface area contributed by atoms with Gasteiger partial charge in [0.25, 0.3) is 11.5 Å². The minimum Gasteiger partial charge on any atom is -0.530 e. The number of anilines is 1. The van der Waals surface area contributed by atoms with Gasteiger partial charge in [-0.1, -0.05) is 66.7 Å². The molecule has 6 rings (SSSR count). The van der Waals surface area contributed by atoms with Crippen LogP contribution in [0.2, 0.25) is 0 Å². The first-order valence-electron chi connectivity index (χ1n) is 14.1. The van der Waals surface area contributed by atoms with Crippen LogP contribution in [0.4, 0.5) is 36.8 Å². The van der Waals surface area contributed by atoms with Crippen molar-refractivity contribution in [2.24, 2.45) is 0 Å². The molecule has 250 valence electrons. The van der Waals surface area contributed by atoms with Crippen LogP contribution in [0, 0.1) is 0 Å². The van der Waals surface area contributed by atoms with Gasteiger partial charge in [-0.3, -0.25) is 4.79 Å². The normalized spacial score (nSPS) is 17.9. The van der Waals surface area contributed by atoms with Gasteiger partial charge in [-0.05, 0) is 57.6 Å². The number of alkyl halides is 6. The number of carboxylic acid groups (broad SMARTS) is 1. The van der Waals surface area contributed by atoms with Crippen molar-refractivity contribution in [1.29, 1.82) is 0 Å². The van der Waals surface area contributed by atoms with Crippen molar-refractivity contribution in [1.82, 2.24) is 4.90 Å². The number of halogens is 6. The third-order valence-electron chi connectivity index (χ3n) is 8.87. The highest BCUT2D eigenvalue weighted by Crippen LogP contribution is 2.58. The molecule has 1 unspecified atom stereocenters. The van der Waals surface area contributed by atoms with Crippen molar-refractivity contribution in [3.63, 3.8) is 0 Å². The van der Waals surface area contributed by atoms with E-state index in [1.807, 2.05) is 0 Å². The summed E-state index contributed by atoms with van der Waals surface area (Å²) >= 11 is 0. The fourth-order valence-corrected chi connectivity index (χ4v) is 7.43. The van der Waals surface area contributed by atoms with E-state index in [0.29, 0.717) is 46.5 Å². The topological polar surface area (TPSA) is 127 Å². The van der Waals surface area contributed by atoms with Crippen molar-refractivity contribution in [3.8, 4) is 11.1 Å². The number of benzene rings is 4. The number of amides is 2. The largest absolute Gasteiger partial charge is 0.530 e. The van der Waals surface area contributed by atoms with E-state index in [2.05, 4.69) is 5.32 Å². The number of fused-ring (bicyclic) bond motifs is 4. The number of carbonyl (C=O) groups excluding carboxylic acids is 2. The van der Waals surface area contributed by atoms with Gasteiger partial charge >= 0.3 is 12.4 Å². The molecule has 1 heterocycles. The van der Waals surface area contributed by atoms with Crippen LogP contribution in [0.25, 0.3) is 11.1 Å². The minimum atomic E-state index is -6.14. The molecule has 0 fully saturated rings. The molecule has 1 atom stereocenters. The Morgan fingerprint density at radius 3 is 1.85 bits per heavy atom. The van der Waals surface area contributed by atoms with Gasteiger partial charge in [-0.15, -0.1) is 0 Å². The van der Waals surface area contributed by atoms with E-state index in [9.17, 15) is 54.6 Å². The Bertz CT molecular complexity index is 2020. The summed E-state index contributed by atoms with van der Waals surface area (Å²) in [6.07, 6.45) is -13.1. The van der Waals surface area contributed by atoms with Gasteiger partial charge in [-0.2, -0.15) is 26.3 Å². The predicted octanol–water partition coefficient (Wildman–Crippen LogP) is 5.21. The summed E-state index contributed by atoms with van der Waals surface area (Å²) in [5, 5.41) is 25.2.